The molecule has 1 aromatic heterocycles. The van der Waals surface area contributed by atoms with Crippen molar-refractivity contribution in [2.75, 3.05) is 31.1 Å². The van der Waals surface area contributed by atoms with Gasteiger partial charge in [0.1, 0.15) is 65.8 Å². The third kappa shape index (κ3) is 26.7. The first-order chi connectivity index (χ1) is 51.0. The predicted molar refractivity (Wildman–Crippen MR) is 396 cm³/mol. The minimum absolute atomic E-state index is 0.0576. The van der Waals surface area contributed by atoms with Gasteiger partial charge in [-0.15, -0.1) is 0 Å². The Morgan fingerprint density at radius 1 is 0.673 bits per heavy atom. The summed E-state index contributed by atoms with van der Waals surface area (Å²) in [6.45, 7) is 3.30. The second kappa shape index (κ2) is 41.3. The summed E-state index contributed by atoms with van der Waals surface area (Å²) in [4.78, 5) is 206. The van der Waals surface area contributed by atoms with Gasteiger partial charge in [0, 0.05) is 99.2 Å². The van der Waals surface area contributed by atoms with Crippen LogP contribution in [0.1, 0.15) is 119 Å². The first kappa shape index (κ1) is 83.7. The summed E-state index contributed by atoms with van der Waals surface area (Å²) in [5.41, 5.74) is 19.8. The number of nitrogens with two attached hydrogens (primary N) is 3. The van der Waals surface area contributed by atoms with E-state index in [0.29, 0.717) is 59.7 Å². The predicted octanol–water partition coefficient (Wildman–Crippen LogP) is -0.646. The smallest absolute Gasteiger partial charge is 0.303 e. The van der Waals surface area contributed by atoms with Crippen molar-refractivity contribution < 1.29 is 82.4 Å². The number of carboxylic acid groups (broad SMARTS) is 2. The van der Waals surface area contributed by atoms with Crippen LogP contribution in [-0.2, 0) is 86.4 Å². The summed E-state index contributed by atoms with van der Waals surface area (Å²) in [5.74, 6) is -15.8. The first-order valence-corrected chi connectivity index (χ1v) is 37.8. The molecule has 2 aliphatic heterocycles. The number of aromatic nitrogens is 1. The topological polar surface area (TPSA) is 553 Å². The fraction of sp³-hybridized carbons (Fsp3) is 0.493. The number of hydrogen-bond donors (Lipinski definition) is 18. The fourth-order valence-corrected chi connectivity index (χ4v) is 14.8. The number of benzene rings is 3. The summed E-state index contributed by atoms with van der Waals surface area (Å²) in [7, 11) is 1.72. The van der Waals surface area contributed by atoms with Crippen molar-refractivity contribution in [3.8, 4) is 5.75 Å². The van der Waals surface area contributed by atoms with Gasteiger partial charge in [0.25, 0.3) is 11.8 Å². The largest absolute Gasteiger partial charge is 0.508 e. The Morgan fingerprint density at radius 3 is 1.91 bits per heavy atom. The molecule has 12 amide bonds. The summed E-state index contributed by atoms with van der Waals surface area (Å²) in [6.07, 6.45) is 0.255. The lowest BCUT2D eigenvalue weighted by Crippen LogP contribution is -2.60. The second-order valence-corrected chi connectivity index (χ2v) is 29.3. The number of H-pyrrole nitrogens is 1. The standard InChI is InChI=1S/C71H95N17O17S2/c1-38-15-17-40(18-16-38)32-51-65(100)80-47(13-7-28-77-71(74)75)62(97)76-29-27-56(90)79-48(23-25-58(92)93)63(98)82-52(34-43-35-78-46-12-6-5-11-45(43)46)67(102)81-49(24-26-59(94)95)64(99)85-53(61(73)96)36-106-107-37-54(68(103)87-60(70(105)84-51)42-9-3-4-10-42)86-66(101)50(33-41-19-21-44(89)22-20-41)83-69(104)55-14-8-30-88(55)57(91)31-39(2)72/h5-6,11-12,15-22,35,39,42,47-49,51-55,60,78,89H,3-4,7-10,13-14,23-34,36-37,72H2,1-2H3,(H2,73,96)(H,76,97)(H,79,90)(H,80,100)(H,81,102)(H,82,98)(H,84,105)(H,85,99)(H,86,101)(H,87,103)(H,92,93)(H,94,95)(H4,74,75,77)/t39-,47+,48+,49+,51+,52+,53+,54+,55+,60+/m1/s1. The van der Waals surface area contributed by atoms with Gasteiger partial charge in [-0.3, -0.25) is 72.5 Å². The van der Waals surface area contributed by atoms with Crippen molar-refractivity contribution in [1.82, 2.24) is 63.1 Å². The number of guanidine groups is 1. The number of nitrogens with zero attached hydrogens (tertiary/aromatic N) is 2. The molecule has 0 radical (unpaired) electrons. The Bertz CT molecular complexity index is 3910. The molecule has 3 fully saturated rings. The van der Waals surface area contributed by atoms with Gasteiger partial charge < -0.3 is 95.6 Å². The third-order valence-electron chi connectivity index (χ3n) is 18.2. The maximum Gasteiger partial charge on any atom is 0.303 e. The minimum atomic E-state index is -1.76. The van der Waals surface area contributed by atoms with Gasteiger partial charge in [0.05, 0.1) is 0 Å². The molecule has 107 heavy (non-hydrogen) atoms. The zero-order valence-corrected chi connectivity index (χ0v) is 61.0. The normalized spacial score (nSPS) is 23.0. The molecule has 3 aromatic carbocycles. The number of likely N-dealkylation sites (tertiary alicyclic amines) is 1. The Hall–Kier alpha value is -10.6. The van der Waals surface area contributed by atoms with Crippen LogP contribution in [-0.4, -0.2) is 211 Å². The molecule has 1 saturated carbocycles. The SMILES string of the molecule is Cc1ccc(C[C@@H]2NC(=O)[C@H](C3CCCC3)NC(=O)[C@@H](NC(=O)C(Cc3ccc(O)cc3)=NC(=O)[C@@H]3CCCN3C(=O)C[C@@H](C)N)CSSC[C@@H](C(N)=O)NC(=O)[C@H](CCC(=O)O)NC(=O)[C@H](Cc3c[nH]c4ccccc34)NC(=O)[C@H](CCC(=O)O)NC(=O)CCNC(=O)[C@H](CCCNC(=N)N)NC2=O)cc1. The zero-order valence-electron chi connectivity index (χ0n) is 59.4. The van der Waals surface area contributed by atoms with Gasteiger partial charge in [-0.05, 0) is 106 Å². The minimum Gasteiger partial charge on any atom is -0.508 e. The first-order valence-electron chi connectivity index (χ1n) is 35.3. The molecule has 1 aliphatic carbocycles. The van der Waals surface area contributed by atoms with Crippen LogP contribution in [0.4, 0.5) is 0 Å². The summed E-state index contributed by atoms with van der Waals surface area (Å²) >= 11 is 0. The summed E-state index contributed by atoms with van der Waals surface area (Å²) < 4.78 is 0. The van der Waals surface area contributed by atoms with Gasteiger partial charge in [-0.2, -0.15) is 0 Å². The number of para-hydroxylation sites is 1. The average Bonchev–Trinajstić information content (AvgIpc) is 1.74. The number of rotatable bonds is 23. The van der Waals surface area contributed by atoms with Gasteiger partial charge in [0.15, 0.2) is 5.96 Å². The van der Waals surface area contributed by atoms with Gasteiger partial charge in [-0.1, -0.05) is 94.6 Å². The van der Waals surface area contributed by atoms with E-state index in [2.05, 4.69) is 63.1 Å². The van der Waals surface area contributed by atoms with E-state index in [1.54, 1.807) is 61.7 Å². The van der Waals surface area contributed by atoms with Crippen molar-refractivity contribution in [2.45, 2.75) is 183 Å². The molecule has 34 nitrogen and oxygen atoms in total. The highest BCUT2D eigenvalue weighted by Gasteiger charge is 2.40. The average molecular weight is 1520 g/mol. The van der Waals surface area contributed by atoms with Crippen LogP contribution in [0.15, 0.2) is 84.0 Å². The van der Waals surface area contributed by atoms with Crippen LogP contribution in [0, 0.1) is 18.3 Å². The van der Waals surface area contributed by atoms with Crippen LogP contribution >= 0.6 is 21.6 Å². The quantitative estimate of drug-likeness (QED) is 0.0190. The number of nitrogens with one attached hydrogen (secondary N) is 12. The lowest BCUT2D eigenvalue weighted by atomic mass is 9.95. The highest BCUT2D eigenvalue weighted by Crippen LogP contribution is 2.30. The molecule has 4 aromatic rings. The number of primary amides is 1. The number of amides is 12. The molecule has 2 saturated heterocycles. The summed E-state index contributed by atoms with van der Waals surface area (Å²) in [6, 6.07) is 5.27. The number of aliphatic carboxylic acids is 2. The van der Waals surface area contributed by atoms with Crippen LogP contribution in [0.3, 0.4) is 0 Å². The van der Waals surface area contributed by atoms with E-state index in [1.165, 1.54) is 29.2 Å². The fourth-order valence-electron chi connectivity index (χ4n) is 12.5. The van der Waals surface area contributed by atoms with Crippen LogP contribution < -0.4 is 70.4 Å². The number of fused-ring (bicyclic) bond motifs is 1. The second-order valence-electron chi connectivity index (χ2n) is 26.8. The number of carbonyl (C=O) groups is 14. The molecule has 3 aliphatic rings. The monoisotopic (exact) mass is 1520 g/mol. The highest BCUT2D eigenvalue weighted by atomic mass is 33.1. The van der Waals surface area contributed by atoms with Crippen LogP contribution in [0.5, 0.6) is 5.75 Å². The van der Waals surface area contributed by atoms with Gasteiger partial charge >= 0.3 is 11.9 Å². The molecular formula is C71H95N17O17S2. The number of phenols is 1. The molecule has 21 N–H and O–H groups in total. The van der Waals surface area contributed by atoms with E-state index in [-0.39, 0.29) is 69.7 Å². The lowest BCUT2D eigenvalue weighted by Gasteiger charge is -2.29. The Kier molecular flexibility index (Phi) is 32.3. The molecule has 578 valence electrons. The number of aliphatic imine (C=N–C) groups is 1. The van der Waals surface area contributed by atoms with E-state index in [1.807, 2.05) is 6.92 Å². The Balaban J connectivity index is 1.29. The van der Waals surface area contributed by atoms with Crippen molar-refractivity contribution >= 4 is 127 Å². The lowest BCUT2D eigenvalue weighted by molar-refractivity contribution is -0.138. The van der Waals surface area contributed by atoms with Crippen molar-refractivity contribution in [2.24, 2.45) is 28.1 Å². The Morgan fingerprint density at radius 2 is 1.26 bits per heavy atom. The number of aromatic amines is 1. The summed E-state index contributed by atoms with van der Waals surface area (Å²) in [5, 5.41) is 64.4. The highest BCUT2D eigenvalue weighted by molar-refractivity contribution is 8.76. The number of aryl methyl sites for hydroxylation is 1. The zero-order chi connectivity index (χ0) is 77.9. The maximum atomic E-state index is 15.3. The Labute approximate surface area is 624 Å². The molecule has 3 heterocycles. The van der Waals surface area contributed by atoms with Crippen molar-refractivity contribution in [1.29, 1.82) is 5.41 Å². The number of aromatic hydroxyl groups is 1. The van der Waals surface area contributed by atoms with Crippen molar-refractivity contribution in [3.63, 3.8) is 0 Å². The van der Waals surface area contributed by atoms with Crippen LogP contribution in [0.25, 0.3) is 10.9 Å². The van der Waals surface area contributed by atoms with Gasteiger partial charge in [0.2, 0.25) is 59.1 Å². The third-order valence-corrected chi connectivity index (χ3v) is 20.7. The number of carbonyl (C=O) groups excluding carboxylic acids is 12. The number of carboxylic acids is 2. The molecule has 10 atom stereocenters. The van der Waals surface area contributed by atoms with Crippen LogP contribution in [0.2, 0.25) is 0 Å². The van der Waals surface area contributed by atoms with E-state index >= 15 is 14.4 Å². The number of phenolic OH excluding ortho intramolecular Hbond substituents is 1. The van der Waals surface area contributed by atoms with E-state index in [9.17, 15) is 68.1 Å². The van der Waals surface area contributed by atoms with E-state index < -0.39 is 205 Å². The van der Waals surface area contributed by atoms with Gasteiger partial charge in [-0.25, -0.2) is 4.99 Å². The van der Waals surface area contributed by atoms with E-state index in [0.717, 1.165) is 27.2 Å². The molecule has 7 rings (SSSR count). The number of hydrogen-bond acceptors (Lipinski definition) is 19. The van der Waals surface area contributed by atoms with Crippen molar-refractivity contribution in [3.05, 3.63) is 101 Å². The molecule has 0 unspecified atom stereocenters. The molecule has 0 spiro atoms. The molecular weight excluding hydrogens is 1430 g/mol. The molecule has 0 bridgehead atoms. The maximum absolute atomic E-state index is 15.3. The molecule has 36 heteroatoms. The van der Waals surface area contributed by atoms with E-state index in [4.69, 9.17) is 22.6 Å².